The lowest BCUT2D eigenvalue weighted by molar-refractivity contribution is 0.403. The van der Waals surface area contributed by atoms with Crippen LogP contribution in [0.15, 0.2) is 18.2 Å². The quantitative estimate of drug-likeness (QED) is 0.247. The highest BCUT2D eigenvalue weighted by Crippen LogP contribution is 2.41. The number of aryl methyl sites for hydroxylation is 4. The number of aromatic nitrogens is 4. The first-order valence-corrected chi connectivity index (χ1v) is 17.2. The van der Waals surface area contributed by atoms with E-state index in [4.69, 9.17) is 9.97 Å². The van der Waals surface area contributed by atoms with Crippen LogP contribution in [-0.2, 0) is 32.2 Å². The van der Waals surface area contributed by atoms with Crippen molar-refractivity contribution in [2.75, 3.05) is 14.1 Å². The maximum absolute atomic E-state index is 5.51. The molecule has 5 heteroatoms. The normalized spacial score (nSPS) is 13.6. The second kappa shape index (κ2) is 13.3. The van der Waals surface area contributed by atoms with E-state index in [0.29, 0.717) is 0 Å². The Labute approximate surface area is 264 Å². The topological polar surface area (TPSA) is 60.6 Å². The highest BCUT2D eigenvalue weighted by atomic mass is 15.1. The predicted molar refractivity (Wildman–Crippen MR) is 191 cm³/mol. The number of H-pyrrole nitrogens is 2. The number of nitrogens with one attached hydrogen (secondary N) is 2. The average molecular weight is 592 g/mol. The summed E-state index contributed by atoms with van der Waals surface area (Å²) in [6.45, 7) is 19.1. The van der Waals surface area contributed by atoms with Gasteiger partial charge < -0.3 is 14.9 Å². The third-order valence-corrected chi connectivity index (χ3v) is 9.68. The Morgan fingerprint density at radius 2 is 0.932 bits per heavy atom. The van der Waals surface area contributed by atoms with Gasteiger partial charge in [-0.05, 0) is 128 Å². The summed E-state index contributed by atoms with van der Waals surface area (Å²) in [6, 6.07) is 6.99. The van der Waals surface area contributed by atoms with E-state index < -0.39 is 0 Å². The largest absolute Gasteiger partial charge is 0.355 e. The number of hydrogen-bond donors (Lipinski definition) is 2. The molecule has 5 rings (SSSR count). The van der Waals surface area contributed by atoms with E-state index in [0.717, 1.165) is 80.7 Å². The van der Waals surface area contributed by atoms with E-state index in [1.165, 1.54) is 72.2 Å². The summed E-state index contributed by atoms with van der Waals surface area (Å²) in [6.07, 6.45) is 7.76. The van der Waals surface area contributed by atoms with E-state index in [-0.39, 0.29) is 0 Å². The Hall–Kier alpha value is -3.44. The zero-order valence-corrected chi connectivity index (χ0v) is 28.9. The van der Waals surface area contributed by atoms with Gasteiger partial charge >= 0.3 is 0 Å². The third kappa shape index (κ3) is 5.38. The maximum Gasteiger partial charge on any atom is 0.0738 e. The first-order chi connectivity index (χ1) is 21.3. The lowest BCUT2D eigenvalue weighted by Gasteiger charge is -2.14. The third-order valence-electron chi connectivity index (χ3n) is 9.68. The van der Waals surface area contributed by atoms with Gasteiger partial charge in [0.05, 0.1) is 22.8 Å². The molecule has 0 saturated heterocycles. The Bertz CT molecular complexity index is 1790. The summed E-state index contributed by atoms with van der Waals surface area (Å²) in [4.78, 5) is 21.0. The van der Waals surface area contributed by atoms with Crippen molar-refractivity contribution in [3.63, 3.8) is 0 Å². The summed E-state index contributed by atoms with van der Waals surface area (Å²) in [7, 11) is 4.34. The predicted octanol–water partition coefficient (Wildman–Crippen LogP) is 10.1. The second-order valence-electron chi connectivity index (χ2n) is 12.4. The van der Waals surface area contributed by atoms with Crippen LogP contribution < -0.4 is 0 Å². The fraction of sp³-hybridized carbons (Fsp3) is 0.487. The van der Waals surface area contributed by atoms with E-state index in [1.807, 2.05) is 0 Å². The zero-order valence-electron chi connectivity index (χ0n) is 28.9. The Morgan fingerprint density at radius 1 is 0.477 bits per heavy atom. The van der Waals surface area contributed by atoms with Gasteiger partial charge in [0.25, 0.3) is 0 Å². The molecule has 234 valence electrons. The molecule has 0 saturated carbocycles. The fourth-order valence-corrected chi connectivity index (χ4v) is 7.75. The van der Waals surface area contributed by atoms with Gasteiger partial charge in [0.2, 0.25) is 0 Å². The van der Waals surface area contributed by atoms with Crippen LogP contribution in [-0.4, -0.2) is 38.9 Å². The van der Waals surface area contributed by atoms with Crippen molar-refractivity contribution in [1.82, 2.24) is 24.8 Å². The van der Waals surface area contributed by atoms with Crippen molar-refractivity contribution >= 4 is 44.4 Å². The Balaban J connectivity index is 2.10. The lowest BCUT2D eigenvalue weighted by atomic mass is 9.95. The van der Waals surface area contributed by atoms with E-state index in [1.54, 1.807) is 0 Å². The van der Waals surface area contributed by atoms with Crippen LogP contribution in [0.1, 0.15) is 132 Å². The minimum absolute atomic E-state index is 0.823. The molecule has 0 radical (unpaired) electrons. The first kappa shape index (κ1) is 32.0. The number of fused-ring (bicyclic) bond motifs is 8. The summed E-state index contributed by atoms with van der Waals surface area (Å²) < 4.78 is 0. The summed E-state index contributed by atoms with van der Waals surface area (Å²) in [5.74, 6) is 0. The van der Waals surface area contributed by atoms with Crippen molar-refractivity contribution < 1.29 is 0 Å². The standard InChI is InChI=1S/C39H53N5/c1-11-23-25(13-3)34-20-36-27(15-5)29(17-7)38(42-36)31(22-44(9)10)39-30(18-8)28(16-6)37(43-39)21-35-26(14-4)24(12-2)33(41-35)19-32(23)40-34/h19-21,40,42H,11-18,22H2,1-10H3. The SMILES string of the molecule is CCC1=C(CC)c2cc3[nH]c(cc4[nH]c(c(CN(C)C)c5nc(cc1n2)C(CC)=C5CC)c(CC)c4CC)c(CC)c3CC. The summed E-state index contributed by atoms with van der Waals surface area (Å²) >= 11 is 0. The van der Waals surface area contributed by atoms with E-state index >= 15 is 0 Å². The molecular weight excluding hydrogens is 538 g/mol. The molecule has 44 heavy (non-hydrogen) atoms. The lowest BCUT2D eigenvalue weighted by Crippen LogP contribution is -2.13. The van der Waals surface area contributed by atoms with E-state index in [2.05, 4.69) is 103 Å². The number of nitrogens with zero attached hydrogens (tertiary/aromatic N) is 3. The van der Waals surface area contributed by atoms with Crippen molar-refractivity contribution in [2.24, 2.45) is 0 Å². The van der Waals surface area contributed by atoms with Gasteiger partial charge in [0.15, 0.2) is 0 Å². The van der Waals surface area contributed by atoms with Crippen LogP contribution >= 0.6 is 0 Å². The van der Waals surface area contributed by atoms with Crippen LogP contribution in [0.4, 0.5) is 0 Å². The fourth-order valence-electron chi connectivity index (χ4n) is 7.75. The molecule has 0 aromatic carbocycles. The molecular formula is C39H53N5. The van der Waals surface area contributed by atoms with Crippen LogP contribution in [0.25, 0.3) is 44.4 Å². The molecule has 0 aliphatic carbocycles. The van der Waals surface area contributed by atoms with Gasteiger partial charge in [-0.25, -0.2) is 9.97 Å². The molecule has 8 bridgehead atoms. The molecule has 0 atom stereocenters. The molecule has 3 aromatic rings. The smallest absolute Gasteiger partial charge is 0.0738 e. The zero-order chi connectivity index (χ0) is 31.7. The van der Waals surface area contributed by atoms with Crippen LogP contribution in [0.5, 0.6) is 0 Å². The number of allylic oxidation sites excluding steroid dienone is 4. The van der Waals surface area contributed by atoms with Gasteiger partial charge in [-0.15, -0.1) is 0 Å². The molecule has 3 aromatic heterocycles. The van der Waals surface area contributed by atoms with Crippen LogP contribution in [0.3, 0.4) is 0 Å². The van der Waals surface area contributed by atoms with Gasteiger partial charge in [-0.2, -0.15) is 0 Å². The second-order valence-corrected chi connectivity index (χ2v) is 12.4. The number of rotatable bonds is 10. The van der Waals surface area contributed by atoms with Crippen molar-refractivity contribution in [3.05, 3.63) is 68.8 Å². The molecule has 0 amide bonds. The molecule has 2 aliphatic heterocycles. The Morgan fingerprint density at radius 3 is 1.45 bits per heavy atom. The molecule has 5 nitrogen and oxygen atoms in total. The Kier molecular flexibility index (Phi) is 9.65. The minimum atomic E-state index is 0.823. The van der Waals surface area contributed by atoms with Crippen molar-refractivity contribution in [2.45, 2.75) is 113 Å². The first-order valence-electron chi connectivity index (χ1n) is 17.2. The van der Waals surface area contributed by atoms with E-state index in [9.17, 15) is 0 Å². The molecule has 2 aliphatic rings. The van der Waals surface area contributed by atoms with Crippen molar-refractivity contribution in [1.29, 1.82) is 0 Å². The van der Waals surface area contributed by atoms with Gasteiger partial charge in [-0.1, -0.05) is 55.4 Å². The molecule has 0 fully saturated rings. The molecule has 2 N–H and O–H groups in total. The highest BCUT2D eigenvalue weighted by molar-refractivity contribution is 5.97. The monoisotopic (exact) mass is 591 g/mol. The minimum Gasteiger partial charge on any atom is -0.355 e. The summed E-state index contributed by atoms with van der Waals surface area (Å²) in [5.41, 5.74) is 21.7. The van der Waals surface area contributed by atoms with Crippen LogP contribution in [0.2, 0.25) is 0 Å². The van der Waals surface area contributed by atoms with Gasteiger partial charge in [0, 0.05) is 34.2 Å². The van der Waals surface area contributed by atoms with Crippen LogP contribution in [0, 0.1) is 0 Å². The maximum atomic E-state index is 5.51. The number of aromatic amines is 2. The highest BCUT2D eigenvalue weighted by Gasteiger charge is 2.25. The number of hydrogen-bond acceptors (Lipinski definition) is 3. The van der Waals surface area contributed by atoms with Gasteiger partial charge in [-0.3, -0.25) is 0 Å². The molecule has 5 heterocycles. The molecule has 0 unspecified atom stereocenters. The molecule has 0 spiro atoms. The summed E-state index contributed by atoms with van der Waals surface area (Å²) in [5, 5.41) is 0. The van der Waals surface area contributed by atoms with Gasteiger partial charge in [0.1, 0.15) is 0 Å². The average Bonchev–Trinajstić information content (AvgIpc) is 3.74. The van der Waals surface area contributed by atoms with Crippen molar-refractivity contribution in [3.8, 4) is 0 Å².